The van der Waals surface area contributed by atoms with Gasteiger partial charge in [0.2, 0.25) is 5.82 Å². The summed E-state index contributed by atoms with van der Waals surface area (Å²) in [6.45, 7) is 1.45. The van der Waals surface area contributed by atoms with E-state index in [0.717, 1.165) is 0 Å². The summed E-state index contributed by atoms with van der Waals surface area (Å²) in [6, 6.07) is 11.9. The van der Waals surface area contributed by atoms with Crippen molar-refractivity contribution >= 4 is 29.9 Å². The van der Waals surface area contributed by atoms with Gasteiger partial charge in [-0.25, -0.2) is 4.39 Å². The van der Waals surface area contributed by atoms with Gasteiger partial charge in [-0.05, 0) is 35.9 Å². The molecule has 0 fully saturated rings. The summed E-state index contributed by atoms with van der Waals surface area (Å²) in [7, 11) is -3.12. The van der Waals surface area contributed by atoms with Crippen molar-refractivity contribution in [3.05, 3.63) is 60.2 Å². The minimum absolute atomic E-state index is 0.0835. The van der Waals surface area contributed by atoms with Crippen LogP contribution in [0, 0.1) is 5.82 Å². The van der Waals surface area contributed by atoms with Crippen LogP contribution >= 0.6 is 18.9 Å². The van der Waals surface area contributed by atoms with Crippen LogP contribution in [0.25, 0.3) is 11.4 Å². The van der Waals surface area contributed by atoms with Gasteiger partial charge in [-0.2, -0.15) is 13.8 Å². The summed E-state index contributed by atoms with van der Waals surface area (Å²) in [6.07, 6.45) is 0. The van der Waals surface area contributed by atoms with Crippen molar-refractivity contribution < 1.29 is 22.3 Å². The third-order valence-corrected chi connectivity index (χ3v) is 5.61. The number of rotatable bonds is 5. The lowest BCUT2D eigenvalue weighted by atomic mass is 10.2. The average molecular weight is 402 g/mol. The molecule has 0 saturated carbocycles. The Morgan fingerprint density at radius 2 is 1.81 bits per heavy atom. The molecule has 10 heteroatoms. The molecule has 1 heterocycles. The third-order valence-electron chi connectivity index (χ3n) is 3.49. The Morgan fingerprint density at radius 1 is 1.15 bits per heavy atom. The molecular weight excluding hydrogens is 390 g/mol. The van der Waals surface area contributed by atoms with Crippen LogP contribution in [0.15, 0.2) is 53.1 Å². The van der Waals surface area contributed by atoms with Crippen LogP contribution in [0.4, 0.5) is 18.9 Å². The molecule has 0 amide bonds. The number of benzene rings is 2. The quantitative estimate of drug-likeness (QED) is 0.491. The molecule has 2 aromatic carbocycles. The highest BCUT2D eigenvalue weighted by atomic mass is 35.5. The van der Waals surface area contributed by atoms with E-state index in [4.69, 9.17) is 11.6 Å². The maximum absolute atomic E-state index is 13.7. The van der Waals surface area contributed by atoms with E-state index >= 15 is 0 Å². The second-order valence-corrected chi connectivity index (χ2v) is 8.55. The van der Waals surface area contributed by atoms with Crippen molar-refractivity contribution in [2.45, 2.75) is 5.38 Å². The average Bonchev–Trinajstić information content (AvgIpc) is 3.07. The molecule has 1 aromatic heterocycles. The predicted octanol–water partition coefficient (Wildman–Crippen LogP) is 4.81. The molecule has 0 aliphatic carbocycles. The lowest BCUT2D eigenvalue weighted by molar-refractivity contribution is 0.0551. The van der Waals surface area contributed by atoms with Crippen LogP contribution in [0.1, 0.15) is 5.89 Å². The number of alkyl halides is 3. The van der Waals surface area contributed by atoms with Crippen molar-refractivity contribution in [3.8, 4) is 11.4 Å². The molecule has 3 aromatic rings. The van der Waals surface area contributed by atoms with Crippen LogP contribution in [0.3, 0.4) is 0 Å². The first kappa shape index (κ1) is 18.5. The van der Waals surface area contributed by atoms with Crippen LogP contribution < -0.4 is 10.4 Å². The van der Waals surface area contributed by atoms with Gasteiger partial charge in [-0.3, -0.25) is 4.57 Å². The number of aromatic nitrogens is 2. The Kier molecular flexibility index (Phi) is 4.82. The van der Waals surface area contributed by atoms with Crippen molar-refractivity contribution in [2.24, 2.45) is 0 Å². The minimum Gasteiger partial charge on any atom is -0.331 e. The lowest BCUT2D eigenvalue weighted by Crippen LogP contribution is -2.11. The Labute approximate surface area is 151 Å². The van der Waals surface area contributed by atoms with E-state index in [1.54, 1.807) is 6.07 Å². The van der Waals surface area contributed by atoms with E-state index in [2.05, 4.69) is 19.8 Å². The minimum atomic E-state index is -3.76. The van der Waals surface area contributed by atoms with Gasteiger partial charge in [-0.15, -0.1) is 0 Å². The number of halogens is 4. The first-order chi connectivity index (χ1) is 12.2. The maximum Gasteiger partial charge on any atom is 0.400 e. The topological polar surface area (TPSA) is 68.0 Å². The smallest absolute Gasteiger partial charge is 0.331 e. The highest BCUT2D eigenvalue weighted by Gasteiger charge is 2.35. The fourth-order valence-electron chi connectivity index (χ4n) is 2.20. The zero-order valence-electron chi connectivity index (χ0n) is 13.3. The molecule has 0 aliphatic heterocycles. The molecular formula is C16H12ClF3N3O2P. The molecule has 26 heavy (non-hydrogen) atoms. The largest absolute Gasteiger partial charge is 0.400 e. The van der Waals surface area contributed by atoms with Gasteiger partial charge in [0.05, 0.1) is 5.69 Å². The zero-order chi connectivity index (χ0) is 18.9. The highest BCUT2D eigenvalue weighted by Crippen LogP contribution is 2.41. The SMILES string of the molecule is CP(=O)(Nc1ccccc1F)c1ccc(-c2noc(C(F)(F)Cl)n2)cc1. The van der Waals surface area contributed by atoms with Gasteiger partial charge in [0.25, 0.3) is 0 Å². The first-order valence-electron chi connectivity index (χ1n) is 7.29. The molecule has 0 radical (unpaired) electrons. The first-order valence-corrected chi connectivity index (χ1v) is 9.82. The summed E-state index contributed by atoms with van der Waals surface area (Å²) in [5.74, 6) is -1.62. The van der Waals surface area contributed by atoms with Gasteiger partial charge in [0.1, 0.15) is 5.82 Å². The van der Waals surface area contributed by atoms with Crippen LogP contribution in [0.2, 0.25) is 0 Å². The fourth-order valence-corrected chi connectivity index (χ4v) is 3.76. The number of anilines is 1. The van der Waals surface area contributed by atoms with Gasteiger partial charge >= 0.3 is 11.3 Å². The molecule has 1 unspecified atom stereocenters. The Morgan fingerprint density at radius 3 is 2.38 bits per heavy atom. The fraction of sp³-hybridized carbons (Fsp3) is 0.125. The van der Waals surface area contributed by atoms with Crippen molar-refractivity contribution in [1.82, 2.24) is 10.1 Å². The van der Waals surface area contributed by atoms with E-state index in [1.807, 2.05) is 0 Å². The predicted molar refractivity (Wildman–Crippen MR) is 92.7 cm³/mol. The summed E-state index contributed by atoms with van der Waals surface area (Å²) >= 11 is 4.83. The second kappa shape index (κ2) is 6.78. The van der Waals surface area contributed by atoms with Crippen molar-refractivity contribution in [3.63, 3.8) is 0 Å². The van der Waals surface area contributed by atoms with E-state index in [1.165, 1.54) is 49.1 Å². The van der Waals surface area contributed by atoms with E-state index in [0.29, 0.717) is 10.9 Å². The van der Waals surface area contributed by atoms with Gasteiger partial charge in [-0.1, -0.05) is 29.4 Å². The molecule has 0 saturated heterocycles. The van der Waals surface area contributed by atoms with Gasteiger partial charge in [0.15, 0.2) is 7.29 Å². The Hall–Kier alpha value is -2.31. The van der Waals surface area contributed by atoms with Crippen LogP contribution in [-0.2, 0) is 9.95 Å². The molecule has 0 spiro atoms. The van der Waals surface area contributed by atoms with Crippen LogP contribution in [-0.4, -0.2) is 16.8 Å². The summed E-state index contributed by atoms with van der Waals surface area (Å²) in [5, 5.41) is 2.80. The number of para-hydroxylation sites is 1. The number of nitrogens with one attached hydrogen (secondary N) is 1. The maximum atomic E-state index is 13.7. The van der Waals surface area contributed by atoms with E-state index < -0.39 is 24.4 Å². The molecule has 136 valence electrons. The molecule has 1 atom stereocenters. The normalized spacial score (nSPS) is 14.0. The van der Waals surface area contributed by atoms with Gasteiger partial charge in [0, 0.05) is 17.5 Å². The number of nitrogens with zero attached hydrogens (tertiary/aromatic N) is 2. The summed E-state index contributed by atoms with van der Waals surface area (Å²) in [5.41, 5.74) is 0.491. The molecule has 3 rings (SSSR count). The molecule has 5 nitrogen and oxygen atoms in total. The molecule has 0 bridgehead atoms. The molecule has 0 aliphatic rings. The zero-order valence-corrected chi connectivity index (χ0v) is 14.9. The monoisotopic (exact) mass is 401 g/mol. The Balaban J connectivity index is 1.84. The number of hydrogen-bond donors (Lipinski definition) is 1. The van der Waals surface area contributed by atoms with Crippen molar-refractivity contribution in [2.75, 3.05) is 11.8 Å². The van der Waals surface area contributed by atoms with E-state index in [-0.39, 0.29) is 11.5 Å². The molecule has 1 N–H and O–H groups in total. The lowest BCUT2D eigenvalue weighted by Gasteiger charge is -2.17. The number of hydrogen-bond acceptors (Lipinski definition) is 4. The summed E-state index contributed by atoms with van der Waals surface area (Å²) in [4.78, 5) is 3.53. The summed E-state index contributed by atoms with van der Waals surface area (Å²) < 4.78 is 56.9. The van der Waals surface area contributed by atoms with Crippen LogP contribution in [0.5, 0.6) is 0 Å². The van der Waals surface area contributed by atoms with Crippen molar-refractivity contribution in [1.29, 1.82) is 0 Å². The Bertz CT molecular complexity index is 973. The third kappa shape index (κ3) is 3.92. The second-order valence-electron chi connectivity index (χ2n) is 5.48. The van der Waals surface area contributed by atoms with Gasteiger partial charge < -0.3 is 9.61 Å². The highest BCUT2D eigenvalue weighted by molar-refractivity contribution is 7.72. The standard InChI is InChI=1S/C16H12ClF3N3O2P/c1-26(24,23-13-5-3-2-4-12(13)18)11-8-6-10(7-9-11)14-21-15(25-22-14)16(17,19)20/h2-9H,1H3,(H,23,24). The van der Waals surface area contributed by atoms with E-state index in [9.17, 15) is 17.7 Å².